The van der Waals surface area contributed by atoms with Crippen molar-refractivity contribution in [1.29, 1.82) is 0 Å². The van der Waals surface area contributed by atoms with Crippen LogP contribution in [0.3, 0.4) is 0 Å². The van der Waals surface area contributed by atoms with Crippen LogP contribution in [0.5, 0.6) is 11.5 Å². The molecule has 0 aliphatic rings. The maximum absolute atomic E-state index is 11.9. The molecule has 0 heterocycles. The summed E-state index contributed by atoms with van der Waals surface area (Å²) in [5, 5.41) is 23.7. The molecule has 0 bridgehead atoms. The highest BCUT2D eigenvalue weighted by Gasteiger charge is 2.32. The molecule has 0 saturated carbocycles. The van der Waals surface area contributed by atoms with Crippen LogP contribution in [0.4, 0.5) is 0 Å². The lowest BCUT2D eigenvalue weighted by molar-refractivity contribution is 0.420. The summed E-state index contributed by atoms with van der Waals surface area (Å²) in [6, 6.07) is 8.84. The largest absolute Gasteiger partial charge is 0.507 e. The van der Waals surface area contributed by atoms with Crippen LogP contribution < -0.4 is 0 Å². The van der Waals surface area contributed by atoms with Gasteiger partial charge in [0.15, 0.2) is 0 Å². The molecule has 2 heteroatoms. The van der Waals surface area contributed by atoms with Crippen molar-refractivity contribution < 1.29 is 10.2 Å². The molecule has 2 N–H and O–H groups in total. The van der Waals surface area contributed by atoms with Gasteiger partial charge in [-0.3, -0.25) is 0 Å². The maximum Gasteiger partial charge on any atom is 0.123 e. The number of unbranched alkanes of at least 4 members (excludes halogenated alkanes) is 4. The van der Waals surface area contributed by atoms with Crippen LogP contribution in [0.2, 0.25) is 0 Å². The van der Waals surface area contributed by atoms with Crippen molar-refractivity contribution in [2.24, 2.45) is 0 Å². The quantitative estimate of drug-likeness (QED) is 0.338. The normalized spacial score (nSPS) is 13.4. The van der Waals surface area contributed by atoms with E-state index in [1.54, 1.807) is 0 Å². The molecule has 0 fully saturated rings. The van der Waals surface area contributed by atoms with Crippen LogP contribution in [-0.4, -0.2) is 10.2 Å². The minimum absolute atomic E-state index is 0.0556. The first-order valence-corrected chi connectivity index (χ1v) is 14.9. The van der Waals surface area contributed by atoms with Gasteiger partial charge in [0, 0.05) is 17.0 Å². The van der Waals surface area contributed by atoms with Crippen molar-refractivity contribution in [3.63, 3.8) is 0 Å². The lowest BCUT2D eigenvalue weighted by atomic mass is 9.73. The molecule has 2 aromatic carbocycles. The van der Waals surface area contributed by atoms with Gasteiger partial charge in [-0.05, 0) is 50.3 Å². The van der Waals surface area contributed by atoms with Crippen molar-refractivity contribution in [3.05, 3.63) is 57.6 Å². The minimum Gasteiger partial charge on any atom is -0.507 e. The van der Waals surface area contributed by atoms with E-state index in [1.807, 2.05) is 0 Å². The lowest BCUT2D eigenvalue weighted by Gasteiger charge is -2.32. The Balaban J connectivity index is 2.92. The number of benzene rings is 2. The SMILES string of the molecule is CCCCCCCC(c1cc(C(C)(C)C)cc(C(C)(C)C)c1O)c1cc(C(C)(C)C)cc(C(C)(C)C)c1O. The summed E-state index contributed by atoms with van der Waals surface area (Å²) in [6.45, 7) is 28.7. The van der Waals surface area contributed by atoms with E-state index in [2.05, 4.69) is 114 Å². The highest BCUT2D eigenvalue weighted by Crippen LogP contribution is 2.48. The fourth-order valence-electron chi connectivity index (χ4n) is 5.29. The predicted molar refractivity (Wildman–Crippen MR) is 166 cm³/mol. The zero-order valence-electron chi connectivity index (χ0n) is 27.0. The van der Waals surface area contributed by atoms with E-state index in [0.29, 0.717) is 11.5 Å². The van der Waals surface area contributed by atoms with Gasteiger partial charge in [-0.25, -0.2) is 0 Å². The van der Waals surface area contributed by atoms with Gasteiger partial charge in [0.2, 0.25) is 0 Å². The number of hydrogen-bond donors (Lipinski definition) is 2. The Morgan fingerprint density at radius 2 is 0.895 bits per heavy atom. The average molecular weight is 523 g/mol. The molecule has 38 heavy (non-hydrogen) atoms. The Hall–Kier alpha value is -1.96. The third-order valence-electron chi connectivity index (χ3n) is 7.97. The number of aromatic hydroxyl groups is 2. The summed E-state index contributed by atoms with van der Waals surface area (Å²) in [6.07, 6.45) is 6.84. The number of rotatable bonds is 8. The molecular formula is C36H58O2. The second-order valence-corrected chi connectivity index (χ2v) is 15.7. The standard InChI is InChI=1S/C36H58O2/c1-14-15-16-17-18-19-26(27-20-24(33(2,3)4)22-29(31(27)37)35(8,9)10)28-21-25(34(5,6)7)23-30(32(28)38)36(11,12)13/h20-23,26,37-38H,14-19H2,1-13H3. The molecule has 2 aromatic rings. The summed E-state index contributed by atoms with van der Waals surface area (Å²) >= 11 is 0. The molecule has 214 valence electrons. The smallest absolute Gasteiger partial charge is 0.123 e. The first kappa shape index (κ1) is 32.3. The fourth-order valence-corrected chi connectivity index (χ4v) is 5.29. The fraction of sp³-hybridized carbons (Fsp3) is 0.667. The number of phenols is 2. The summed E-state index contributed by atoms with van der Waals surface area (Å²) in [4.78, 5) is 0. The molecule has 0 atom stereocenters. The Morgan fingerprint density at radius 3 is 1.21 bits per heavy atom. The van der Waals surface area contributed by atoms with Gasteiger partial charge in [-0.1, -0.05) is 146 Å². The minimum atomic E-state index is -0.197. The summed E-state index contributed by atoms with van der Waals surface area (Å²) < 4.78 is 0. The molecule has 0 radical (unpaired) electrons. The summed E-state index contributed by atoms with van der Waals surface area (Å²) in [7, 11) is 0. The lowest BCUT2D eigenvalue weighted by Crippen LogP contribution is -2.20. The zero-order valence-corrected chi connectivity index (χ0v) is 27.0. The first-order chi connectivity index (χ1) is 17.2. The van der Waals surface area contributed by atoms with E-state index in [4.69, 9.17) is 0 Å². The second kappa shape index (κ2) is 11.6. The van der Waals surface area contributed by atoms with Crippen molar-refractivity contribution in [2.75, 3.05) is 0 Å². The molecule has 0 aliphatic carbocycles. The van der Waals surface area contributed by atoms with Crippen LogP contribution in [-0.2, 0) is 21.7 Å². The van der Waals surface area contributed by atoms with Crippen molar-refractivity contribution >= 4 is 0 Å². The highest BCUT2D eigenvalue weighted by molar-refractivity contribution is 5.57. The average Bonchev–Trinajstić information content (AvgIpc) is 2.74. The monoisotopic (exact) mass is 522 g/mol. The van der Waals surface area contributed by atoms with E-state index in [0.717, 1.165) is 35.1 Å². The molecule has 0 amide bonds. The highest BCUT2D eigenvalue weighted by atomic mass is 16.3. The number of hydrogen-bond acceptors (Lipinski definition) is 2. The van der Waals surface area contributed by atoms with E-state index >= 15 is 0 Å². The summed E-state index contributed by atoms with van der Waals surface area (Å²) in [5.74, 6) is 0.701. The van der Waals surface area contributed by atoms with Crippen LogP contribution >= 0.6 is 0 Å². The van der Waals surface area contributed by atoms with Crippen molar-refractivity contribution in [1.82, 2.24) is 0 Å². The molecule has 2 rings (SSSR count). The van der Waals surface area contributed by atoms with Crippen molar-refractivity contribution in [2.45, 2.75) is 156 Å². The molecular weight excluding hydrogens is 464 g/mol. The molecule has 0 saturated heterocycles. The van der Waals surface area contributed by atoms with E-state index in [9.17, 15) is 10.2 Å². The van der Waals surface area contributed by atoms with Crippen LogP contribution in [0.15, 0.2) is 24.3 Å². The van der Waals surface area contributed by atoms with Gasteiger partial charge in [-0.2, -0.15) is 0 Å². The van der Waals surface area contributed by atoms with E-state index < -0.39 is 0 Å². The number of phenolic OH excluding ortho intramolecular Hbond substituents is 2. The van der Waals surface area contributed by atoms with Gasteiger partial charge >= 0.3 is 0 Å². The Bertz CT molecular complexity index is 997. The van der Waals surface area contributed by atoms with Crippen LogP contribution in [0, 0.1) is 0 Å². The van der Waals surface area contributed by atoms with Crippen LogP contribution in [0.25, 0.3) is 0 Å². The van der Waals surface area contributed by atoms with Gasteiger partial charge in [0.1, 0.15) is 11.5 Å². The zero-order chi connectivity index (χ0) is 29.3. The first-order valence-electron chi connectivity index (χ1n) is 14.9. The third kappa shape index (κ3) is 7.80. The van der Waals surface area contributed by atoms with Gasteiger partial charge < -0.3 is 10.2 Å². The van der Waals surface area contributed by atoms with Crippen LogP contribution in [0.1, 0.15) is 168 Å². The summed E-state index contributed by atoms with van der Waals surface area (Å²) in [5.41, 5.74) is 5.84. The van der Waals surface area contributed by atoms with E-state index in [-0.39, 0.29) is 27.6 Å². The predicted octanol–water partition coefficient (Wildman–Crippen LogP) is 10.8. The molecule has 0 spiro atoms. The van der Waals surface area contributed by atoms with Gasteiger partial charge in [-0.15, -0.1) is 0 Å². The second-order valence-electron chi connectivity index (χ2n) is 15.7. The van der Waals surface area contributed by atoms with Crippen molar-refractivity contribution in [3.8, 4) is 11.5 Å². The molecule has 0 aromatic heterocycles. The molecule has 2 nitrogen and oxygen atoms in total. The Labute approximate surface area is 235 Å². The molecule has 0 aliphatic heterocycles. The maximum atomic E-state index is 11.9. The third-order valence-corrected chi connectivity index (χ3v) is 7.97. The topological polar surface area (TPSA) is 40.5 Å². The van der Waals surface area contributed by atoms with Gasteiger partial charge in [0.05, 0.1) is 0 Å². The Morgan fingerprint density at radius 1 is 0.526 bits per heavy atom. The van der Waals surface area contributed by atoms with Gasteiger partial charge in [0.25, 0.3) is 0 Å². The Kier molecular flexibility index (Phi) is 9.89. The van der Waals surface area contributed by atoms with E-state index in [1.165, 1.54) is 36.8 Å². The molecule has 0 unspecified atom stereocenters.